The largest absolute Gasteiger partial charge is 0.345 e. The van der Waals surface area contributed by atoms with Crippen molar-refractivity contribution in [2.45, 2.75) is 30.1 Å². The van der Waals surface area contributed by atoms with E-state index in [4.69, 9.17) is 4.74 Å². The smallest absolute Gasteiger partial charge is 0.194 e. The lowest BCUT2D eigenvalue weighted by molar-refractivity contribution is -0.140. The highest BCUT2D eigenvalue weighted by Crippen LogP contribution is 2.58. The first-order valence-corrected chi connectivity index (χ1v) is 5.14. The summed E-state index contributed by atoms with van der Waals surface area (Å²) >= 11 is 3.61. The van der Waals surface area contributed by atoms with Crippen molar-refractivity contribution in [3.63, 3.8) is 0 Å². The Labute approximate surface area is 74.1 Å². The van der Waals surface area contributed by atoms with Crippen molar-refractivity contribution < 1.29 is 9.84 Å². The molecule has 3 aliphatic rings. The van der Waals surface area contributed by atoms with Gasteiger partial charge in [0.05, 0.1) is 6.10 Å². The number of hydrogen-bond acceptors (Lipinski definition) is 1. The van der Waals surface area contributed by atoms with Crippen LogP contribution in [0.2, 0.25) is 0 Å². The molecule has 61 valence electrons. The van der Waals surface area contributed by atoms with Gasteiger partial charge in [-0.2, -0.15) is 0 Å². The van der Waals surface area contributed by atoms with Gasteiger partial charge >= 0.3 is 0 Å². The average Bonchev–Trinajstić information content (AvgIpc) is 2.53. The zero-order chi connectivity index (χ0) is 7.59. The molecule has 11 heavy (non-hydrogen) atoms. The van der Waals surface area contributed by atoms with Crippen LogP contribution in [0.15, 0.2) is 0 Å². The van der Waals surface area contributed by atoms with Gasteiger partial charge in [-0.3, -0.25) is 0 Å². The highest BCUT2D eigenvalue weighted by Gasteiger charge is 2.60. The summed E-state index contributed by atoms with van der Waals surface area (Å²) in [6.45, 7) is 0. The van der Waals surface area contributed by atoms with Crippen LogP contribution in [-0.4, -0.2) is 17.2 Å². The Morgan fingerprint density at radius 1 is 1.27 bits per heavy atom. The molecule has 3 rings (SSSR count). The van der Waals surface area contributed by atoms with Crippen molar-refractivity contribution in [2.75, 3.05) is 0 Å². The van der Waals surface area contributed by atoms with Crippen molar-refractivity contribution >= 4 is 15.9 Å². The summed E-state index contributed by atoms with van der Waals surface area (Å²) in [4.78, 5) is 0.475. The van der Waals surface area contributed by atoms with E-state index in [1.807, 2.05) is 0 Å². The molecule has 0 N–H and O–H groups in total. The number of rotatable bonds is 0. The molecule has 3 heteroatoms. The molecule has 2 aliphatic carbocycles. The summed E-state index contributed by atoms with van der Waals surface area (Å²) in [6, 6.07) is 0. The molecule has 0 aromatic carbocycles. The van der Waals surface area contributed by atoms with Crippen molar-refractivity contribution in [1.82, 2.24) is 0 Å². The van der Waals surface area contributed by atoms with Crippen LogP contribution in [-0.2, 0) is 9.84 Å². The number of alkyl halides is 1. The number of ether oxygens (including phenoxy) is 1. The van der Waals surface area contributed by atoms with E-state index in [1.54, 1.807) is 0 Å². The summed E-state index contributed by atoms with van der Waals surface area (Å²) in [7, 11) is 0. The second-order valence-corrected chi connectivity index (χ2v) is 5.03. The molecule has 0 amide bonds. The average molecular weight is 218 g/mol. The van der Waals surface area contributed by atoms with Crippen LogP contribution < -0.4 is 0 Å². The third-order valence-corrected chi connectivity index (χ3v) is 4.80. The maximum Gasteiger partial charge on any atom is 0.194 e. The fraction of sp³-hybridized carbons (Fsp3) is 1.00. The summed E-state index contributed by atoms with van der Waals surface area (Å²) in [5, 5.41) is 11.3. The van der Waals surface area contributed by atoms with Crippen LogP contribution in [0.25, 0.3) is 0 Å². The molecule has 0 spiro atoms. The van der Waals surface area contributed by atoms with Gasteiger partial charge in [0.1, 0.15) is 0 Å². The Kier molecular flexibility index (Phi) is 1.25. The van der Waals surface area contributed by atoms with Crippen molar-refractivity contribution in [3.05, 3.63) is 0 Å². The van der Waals surface area contributed by atoms with E-state index in [1.165, 1.54) is 6.42 Å². The minimum Gasteiger partial charge on any atom is -0.345 e. The molecule has 2 saturated carbocycles. The first kappa shape index (κ1) is 6.87. The zero-order valence-corrected chi connectivity index (χ0v) is 7.66. The van der Waals surface area contributed by atoms with Crippen LogP contribution in [0, 0.1) is 17.8 Å². The van der Waals surface area contributed by atoms with Crippen LogP contribution in [0.1, 0.15) is 12.8 Å². The second kappa shape index (κ2) is 2.01. The van der Waals surface area contributed by atoms with E-state index < -0.39 is 6.29 Å². The number of hydrogen-bond donors (Lipinski definition) is 0. The van der Waals surface area contributed by atoms with Crippen molar-refractivity contribution in [2.24, 2.45) is 17.8 Å². The Balaban J connectivity index is 1.98. The number of fused-ring (bicyclic) bond motifs is 1. The summed E-state index contributed by atoms with van der Waals surface area (Å²) in [5.74, 6) is 1.67. The molecular formula is C8H10BrO2. The maximum atomic E-state index is 11.3. The highest BCUT2D eigenvalue weighted by atomic mass is 79.9. The molecule has 1 aliphatic heterocycles. The zero-order valence-electron chi connectivity index (χ0n) is 6.07. The monoisotopic (exact) mass is 217 g/mol. The van der Waals surface area contributed by atoms with Gasteiger partial charge in [-0.25, -0.2) is 5.11 Å². The number of halogens is 1. The fourth-order valence-corrected chi connectivity index (χ4v) is 3.98. The lowest BCUT2D eigenvalue weighted by Crippen LogP contribution is -2.26. The predicted molar refractivity (Wildman–Crippen MR) is 41.8 cm³/mol. The second-order valence-electron chi connectivity index (χ2n) is 3.97. The van der Waals surface area contributed by atoms with Gasteiger partial charge in [-0.15, -0.1) is 0 Å². The van der Waals surface area contributed by atoms with Crippen LogP contribution >= 0.6 is 15.9 Å². The van der Waals surface area contributed by atoms with E-state index in [-0.39, 0.29) is 6.10 Å². The van der Waals surface area contributed by atoms with Gasteiger partial charge < -0.3 is 4.74 Å². The molecule has 0 aromatic heterocycles. The van der Waals surface area contributed by atoms with E-state index in [0.29, 0.717) is 16.7 Å². The molecule has 1 heterocycles. The van der Waals surface area contributed by atoms with Gasteiger partial charge in [0.15, 0.2) is 6.29 Å². The van der Waals surface area contributed by atoms with Gasteiger partial charge in [0, 0.05) is 10.7 Å². The van der Waals surface area contributed by atoms with Crippen LogP contribution in [0.5, 0.6) is 0 Å². The summed E-state index contributed by atoms with van der Waals surface area (Å²) < 4.78 is 5.35. The quantitative estimate of drug-likeness (QED) is 0.567. The SMILES string of the molecule is [O][C@@H]1OC2C(Br)C3CC2C1C3. The molecular weight excluding hydrogens is 208 g/mol. The first-order valence-electron chi connectivity index (χ1n) is 4.22. The molecule has 6 atom stereocenters. The third-order valence-electron chi connectivity index (χ3n) is 3.53. The third kappa shape index (κ3) is 0.699. The lowest BCUT2D eigenvalue weighted by Gasteiger charge is -2.20. The van der Waals surface area contributed by atoms with Gasteiger partial charge in [-0.1, -0.05) is 15.9 Å². The Morgan fingerprint density at radius 3 is 2.64 bits per heavy atom. The molecule has 2 nitrogen and oxygen atoms in total. The molecule has 3 fully saturated rings. The summed E-state index contributed by atoms with van der Waals surface area (Å²) in [5.41, 5.74) is 0. The van der Waals surface area contributed by atoms with Crippen molar-refractivity contribution in [3.8, 4) is 0 Å². The summed E-state index contributed by atoms with van der Waals surface area (Å²) in [6.07, 6.45) is 1.87. The van der Waals surface area contributed by atoms with Crippen LogP contribution in [0.4, 0.5) is 0 Å². The highest BCUT2D eigenvalue weighted by molar-refractivity contribution is 9.09. The molecule has 1 saturated heterocycles. The molecule has 5 unspecified atom stereocenters. The molecule has 2 bridgehead atoms. The Morgan fingerprint density at radius 2 is 2.00 bits per heavy atom. The normalized spacial score (nSPS) is 66.0. The van der Waals surface area contributed by atoms with E-state index in [9.17, 15) is 5.11 Å². The molecule has 1 radical (unpaired) electrons. The minimum absolute atomic E-state index is 0.251. The fourth-order valence-electron chi connectivity index (χ4n) is 3.03. The van der Waals surface area contributed by atoms with Crippen molar-refractivity contribution in [1.29, 1.82) is 0 Å². The van der Waals surface area contributed by atoms with E-state index in [0.717, 1.165) is 12.3 Å². The van der Waals surface area contributed by atoms with Gasteiger partial charge in [0.25, 0.3) is 0 Å². The van der Waals surface area contributed by atoms with Crippen LogP contribution in [0.3, 0.4) is 0 Å². The standard InChI is InChI=1S/C8H10BrO2/c9-6-3-1-4-5(2-3)8(10)11-7(4)6/h3-8H,1-2H2/t3?,4?,5?,6?,7?,8-/m1/s1. The first-order chi connectivity index (χ1) is 5.27. The Hall–Kier alpha value is 0.400. The topological polar surface area (TPSA) is 29.1 Å². The van der Waals surface area contributed by atoms with E-state index in [2.05, 4.69) is 15.9 Å². The van der Waals surface area contributed by atoms with Gasteiger partial charge in [0.2, 0.25) is 0 Å². The maximum absolute atomic E-state index is 11.3. The minimum atomic E-state index is -0.711. The molecule has 0 aromatic rings. The Bertz CT molecular complexity index is 197. The lowest BCUT2D eigenvalue weighted by atomic mass is 9.89. The van der Waals surface area contributed by atoms with Gasteiger partial charge in [-0.05, 0) is 24.7 Å². The van der Waals surface area contributed by atoms with E-state index >= 15 is 0 Å². The predicted octanol–water partition coefficient (Wildman–Crippen LogP) is 1.56.